The summed E-state index contributed by atoms with van der Waals surface area (Å²) in [4.78, 5) is 12.6. The Bertz CT molecular complexity index is 1800. The Hall–Kier alpha value is -3.57. The van der Waals surface area contributed by atoms with Crippen LogP contribution in [0, 0.1) is 23.0 Å². The Balaban J connectivity index is 0.000000254. The molecule has 2 aromatic carbocycles. The summed E-state index contributed by atoms with van der Waals surface area (Å²) in [5.41, 5.74) is 6.09. The van der Waals surface area contributed by atoms with Crippen molar-refractivity contribution in [1.29, 1.82) is 5.26 Å². The first-order valence-corrected chi connectivity index (χ1v) is 18.4. The summed E-state index contributed by atoms with van der Waals surface area (Å²) < 4.78 is 54.4. The first-order valence-electron chi connectivity index (χ1n) is 17.2. The molecule has 4 aromatic rings. The van der Waals surface area contributed by atoms with E-state index in [0.717, 1.165) is 24.3 Å². The molecule has 3 saturated heterocycles. The lowest BCUT2D eigenvalue weighted by Gasteiger charge is -2.18. The maximum absolute atomic E-state index is 16.1. The molecule has 0 amide bonds. The number of nitrogens with two attached hydrogens (primary N) is 1. The number of nitrogens with one attached hydrogen (secondary N) is 1. The van der Waals surface area contributed by atoms with Crippen LogP contribution in [0.3, 0.4) is 0 Å². The van der Waals surface area contributed by atoms with Gasteiger partial charge in [-0.05, 0) is 56.9 Å². The topological polar surface area (TPSA) is 113 Å². The minimum atomic E-state index is -0.767. The number of nitrogen functional groups attached to an aromatic ring is 1. The number of nitriles is 1. The smallest absolute Gasteiger partial charge is 0.318 e. The van der Waals surface area contributed by atoms with Crippen LogP contribution in [0.25, 0.3) is 32.1 Å². The highest BCUT2D eigenvalue weighted by Gasteiger charge is 2.35. The van der Waals surface area contributed by atoms with E-state index in [9.17, 15) is 14.0 Å². The summed E-state index contributed by atoms with van der Waals surface area (Å²) in [6, 6.07) is 5.13. The fourth-order valence-corrected chi connectivity index (χ4v) is 7.36. The van der Waals surface area contributed by atoms with Crippen molar-refractivity contribution in [2.24, 2.45) is 0 Å². The fourth-order valence-electron chi connectivity index (χ4n) is 6.08. The van der Waals surface area contributed by atoms with E-state index in [1.165, 1.54) is 58.0 Å². The Morgan fingerprint density at radius 2 is 1.84 bits per heavy atom. The molecule has 0 radical (unpaired) electrons. The van der Waals surface area contributed by atoms with E-state index in [1.54, 1.807) is 11.9 Å². The monoisotopic (exact) mass is 733 g/mol. The number of hydrogen-bond acceptors (Lipinski definition) is 10. The van der Waals surface area contributed by atoms with Gasteiger partial charge in [-0.2, -0.15) is 15.2 Å². The lowest BCUT2D eigenvalue weighted by Crippen LogP contribution is -2.29. The summed E-state index contributed by atoms with van der Waals surface area (Å²) >= 11 is 7.61. The molecule has 3 N–H and O–H groups in total. The highest BCUT2D eigenvalue weighted by Crippen LogP contribution is 2.50. The van der Waals surface area contributed by atoms with Gasteiger partial charge in [0.25, 0.3) is 0 Å². The number of alkyl halides is 1. The number of methoxy groups -OCH3 is 1. The van der Waals surface area contributed by atoms with Crippen LogP contribution in [-0.4, -0.2) is 80.6 Å². The zero-order chi connectivity index (χ0) is 36.5. The van der Waals surface area contributed by atoms with E-state index in [4.69, 9.17) is 26.8 Å². The van der Waals surface area contributed by atoms with Gasteiger partial charge in [-0.1, -0.05) is 51.8 Å². The third-order valence-corrected chi connectivity index (χ3v) is 9.91. The molecule has 2 unspecified atom stereocenters. The lowest BCUT2D eigenvalue weighted by atomic mass is 9.96. The number of anilines is 2. The van der Waals surface area contributed by atoms with Gasteiger partial charge < -0.3 is 25.4 Å². The quantitative estimate of drug-likeness (QED) is 0.210. The molecule has 0 saturated carbocycles. The van der Waals surface area contributed by atoms with Crippen LogP contribution in [0.4, 0.5) is 24.0 Å². The highest BCUT2D eigenvalue weighted by atomic mass is 35.5. The van der Waals surface area contributed by atoms with Crippen LogP contribution in [0.2, 0.25) is 5.02 Å². The second-order valence-corrected chi connectivity index (χ2v) is 13.5. The van der Waals surface area contributed by atoms with E-state index in [2.05, 4.69) is 34.0 Å². The zero-order valence-corrected chi connectivity index (χ0v) is 31.2. The van der Waals surface area contributed by atoms with Gasteiger partial charge in [0.15, 0.2) is 11.6 Å². The van der Waals surface area contributed by atoms with E-state index < -0.39 is 17.8 Å². The average Bonchev–Trinajstić information content (AvgIpc) is 3.73. The number of nitrogens with zero attached hydrogens (tertiary/aromatic N) is 5. The largest absolute Gasteiger partial charge is 0.489 e. The molecule has 14 heteroatoms. The van der Waals surface area contributed by atoms with Crippen molar-refractivity contribution in [3.05, 3.63) is 34.4 Å². The van der Waals surface area contributed by atoms with Gasteiger partial charge in [0.2, 0.25) is 0 Å². The second-order valence-electron chi connectivity index (χ2n) is 12.0. The Kier molecular flexibility index (Phi) is 14.2. The predicted octanol–water partition coefficient (Wildman–Crippen LogP) is 8.35. The molecule has 9 nitrogen and oxygen atoms in total. The van der Waals surface area contributed by atoms with Crippen LogP contribution in [-0.2, 0) is 0 Å². The SMILES string of the molecule is C1CNC1.CC.CCC.COc1nc2c3c(c(Cl)c(-c4ccc(F)c5sc(N)c(C#N)c45)c(F)c3n1)OCCN2C.FC1CC2CCCN2C1. The summed E-state index contributed by atoms with van der Waals surface area (Å²) in [5, 5.41) is 13.3. The van der Waals surface area contributed by atoms with Crippen molar-refractivity contribution in [2.45, 2.75) is 72.0 Å². The van der Waals surface area contributed by atoms with E-state index >= 15 is 4.39 Å². The molecule has 8 rings (SSSR count). The maximum atomic E-state index is 16.1. The summed E-state index contributed by atoms with van der Waals surface area (Å²) in [7, 11) is 3.17. The third kappa shape index (κ3) is 8.15. The minimum absolute atomic E-state index is 0.0260. The molecule has 3 fully saturated rings. The Morgan fingerprint density at radius 1 is 1.16 bits per heavy atom. The highest BCUT2D eigenvalue weighted by molar-refractivity contribution is 7.23. The van der Waals surface area contributed by atoms with Gasteiger partial charge in [0, 0.05) is 30.6 Å². The molecule has 4 aliphatic heterocycles. The summed E-state index contributed by atoms with van der Waals surface area (Å²) in [5.74, 6) is -0.717. The summed E-state index contributed by atoms with van der Waals surface area (Å²) in [6.07, 6.45) is 5.45. The standard InChI is InChI=1S/C21H14ClF2N5O2S.C7H12FN.C3H7N.C3H8.C2H6/c1-29-5-6-31-17-13-16(27-21(30-2)28-20(13)29)15(24)12(14(17)22)8-3-4-10(23)18-11(8)9(7-25)19(26)32-18;8-6-4-7-2-1-3-9(7)5-6;1-2-4-3-1;1-3-2;1-2/h3-4H,5-6,26H2,1-2H3;6-7H,1-5H2;4H,1-3H2;3H2,1-2H3;1-2H3. The molecule has 0 aliphatic carbocycles. The van der Waals surface area contributed by atoms with Crippen molar-refractivity contribution >= 4 is 54.7 Å². The van der Waals surface area contributed by atoms with E-state index in [-0.39, 0.29) is 60.7 Å². The first-order chi connectivity index (χ1) is 24.1. The van der Waals surface area contributed by atoms with E-state index in [0.29, 0.717) is 30.3 Å². The van der Waals surface area contributed by atoms with Crippen LogP contribution in [0.5, 0.6) is 11.8 Å². The van der Waals surface area contributed by atoms with Crippen molar-refractivity contribution in [3.63, 3.8) is 0 Å². The van der Waals surface area contributed by atoms with Crippen LogP contribution < -0.4 is 25.4 Å². The van der Waals surface area contributed by atoms with Crippen LogP contribution in [0.1, 0.15) is 65.4 Å². The molecular formula is C36H47ClF3N7O2S. The zero-order valence-electron chi connectivity index (χ0n) is 29.6. The molecule has 0 spiro atoms. The molecule has 2 aromatic heterocycles. The van der Waals surface area contributed by atoms with E-state index in [1.807, 2.05) is 19.9 Å². The number of fused-ring (bicyclic) bond motifs is 2. The number of thiophene rings is 1. The number of halogens is 4. The molecule has 272 valence electrons. The Morgan fingerprint density at radius 3 is 2.44 bits per heavy atom. The fraction of sp³-hybridized carbons (Fsp3) is 0.528. The summed E-state index contributed by atoms with van der Waals surface area (Å²) in [6.45, 7) is 13.3. The molecule has 50 heavy (non-hydrogen) atoms. The maximum Gasteiger partial charge on any atom is 0.318 e. The van der Waals surface area contributed by atoms with Gasteiger partial charge >= 0.3 is 6.01 Å². The third-order valence-electron chi connectivity index (χ3n) is 8.53. The van der Waals surface area contributed by atoms with Crippen molar-refractivity contribution < 1.29 is 22.6 Å². The van der Waals surface area contributed by atoms with Gasteiger partial charge in [0.1, 0.15) is 41.0 Å². The number of ether oxygens (including phenoxy) is 2. The minimum Gasteiger partial charge on any atom is -0.489 e. The number of rotatable bonds is 2. The van der Waals surface area contributed by atoms with Crippen LogP contribution in [0.15, 0.2) is 12.1 Å². The number of aromatic nitrogens is 2. The molecular weight excluding hydrogens is 687 g/mol. The molecule has 6 heterocycles. The lowest BCUT2D eigenvalue weighted by molar-refractivity contribution is 0.292. The number of hydrogen-bond donors (Lipinski definition) is 2. The van der Waals surface area contributed by atoms with Gasteiger partial charge in [-0.25, -0.2) is 13.2 Å². The predicted molar refractivity (Wildman–Crippen MR) is 199 cm³/mol. The number of likely N-dealkylation sites (N-methyl/N-ethyl adjacent to an activating group) is 1. The van der Waals surface area contributed by atoms with Gasteiger partial charge in [0.05, 0.1) is 34.3 Å². The van der Waals surface area contributed by atoms with Gasteiger partial charge in [-0.15, -0.1) is 11.3 Å². The van der Waals surface area contributed by atoms with Crippen molar-refractivity contribution in [2.75, 3.05) is 64.1 Å². The van der Waals surface area contributed by atoms with Gasteiger partial charge in [-0.3, -0.25) is 4.90 Å². The average molecular weight is 734 g/mol. The van der Waals surface area contributed by atoms with Crippen LogP contribution >= 0.6 is 22.9 Å². The molecule has 2 atom stereocenters. The molecule has 0 bridgehead atoms. The Labute approximate surface area is 301 Å². The van der Waals surface area contributed by atoms with Crippen molar-refractivity contribution in [3.8, 4) is 29.0 Å². The van der Waals surface area contributed by atoms with Crippen molar-refractivity contribution in [1.82, 2.24) is 20.2 Å². The first kappa shape index (κ1) is 39.2. The molecule has 4 aliphatic rings. The second kappa shape index (κ2) is 18.1. The normalized spacial score (nSPS) is 18.7. The number of benzene rings is 2.